The third-order valence-electron chi connectivity index (χ3n) is 4.20. The Bertz CT molecular complexity index is 1100. The zero-order valence-electron chi connectivity index (χ0n) is 15.4. The lowest BCUT2D eigenvalue weighted by atomic mass is 10.1. The van der Waals surface area contributed by atoms with E-state index in [1.54, 1.807) is 5.32 Å². The normalized spacial score (nSPS) is 12.0. The zero-order valence-corrected chi connectivity index (χ0v) is 16.1. The molecule has 0 saturated heterocycles. The first-order valence-corrected chi connectivity index (χ1v) is 8.97. The van der Waals surface area contributed by atoms with Gasteiger partial charge < -0.3 is 5.32 Å². The number of nitrogens with zero attached hydrogens (tertiary/aromatic N) is 2. The molecule has 3 rings (SSSR count). The smallest absolute Gasteiger partial charge is 0.346 e. The summed E-state index contributed by atoms with van der Waals surface area (Å²) in [6.45, 7) is -1.33. The Balaban J connectivity index is 1.78. The van der Waals surface area contributed by atoms with Gasteiger partial charge in [-0.15, -0.1) is 0 Å². The topological polar surface area (TPSA) is 54.9 Å². The minimum Gasteiger partial charge on any atom is -0.346 e. The highest BCUT2D eigenvalue weighted by molar-refractivity contribution is 6.31. The third kappa shape index (κ3) is 5.13. The van der Waals surface area contributed by atoms with Gasteiger partial charge in [-0.3, -0.25) is 9.78 Å². The molecule has 0 spiro atoms. The molecular formula is C20H12ClF6N3O. The van der Waals surface area contributed by atoms with Crippen molar-refractivity contribution in [1.82, 2.24) is 15.3 Å². The number of hydrogen-bond acceptors (Lipinski definition) is 3. The molecule has 0 aliphatic rings. The van der Waals surface area contributed by atoms with Gasteiger partial charge in [-0.2, -0.15) is 26.3 Å². The molecule has 4 nitrogen and oxygen atoms in total. The van der Waals surface area contributed by atoms with Gasteiger partial charge in [0.25, 0.3) is 5.91 Å². The van der Waals surface area contributed by atoms with Crippen LogP contribution in [0, 0.1) is 5.95 Å². The highest BCUT2D eigenvalue weighted by Gasteiger charge is 2.38. The first kappa shape index (κ1) is 22.5. The van der Waals surface area contributed by atoms with Gasteiger partial charge in [0.1, 0.15) is 5.69 Å². The van der Waals surface area contributed by atoms with Crippen LogP contribution in [0.5, 0.6) is 0 Å². The predicted octanol–water partition coefficient (Wildman–Crippen LogP) is 5.48. The third-order valence-corrected chi connectivity index (χ3v) is 4.48. The highest BCUT2D eigenvalue weighted by Crippen LogP contribution is 2.34. The molecule has 31 heavy (non-hydrogen) atoms. The number of carbonyl (C=O) groups is 1. The van der Waals surface area contributed by atoms with Crippen molar-refractivity contribution in [3.05, 3.63) is 82.6 Å². The monoisotopic (exact) mass is 459 g/mol. The van der Waals surface area contributed by atoms with Crippen LogP contribution < -0.4 is 5.32 Å². The molecule has 2 aromatic heterocycles. The standard InChI is InChI=1S/C20H12ClF6N3O/c21-15-7-12(11-5-6-16(22)28-8-11)9-29-17(15)19(23,24)10-30-18(31)13-3-1-2-4-14(13)20(25,26)27/h1-9H,10H2,(H,30,31). The average molecular weight is 460 g/mol. The number of nitrogens with one attached hydrogen (secondary N) is 1. The van der Waals surface area contributed by atoms with Crippen molar-refractivity contribution in [2.75, 3.05) is 6.54 Å². The van der Waals surface area contributed by atoms with Crippen LogP contribution in [0.4, 0.5) is 26.3 Å². The van der Waals surface area contributed by atoms with E-state index in [2.05, 4.69) is 9.97 Å². The van der Waals surface area contributed by atoms with Gasteiger partial charge in [0.2, 0.25) is 5.95 Å². The van der Waals surface area contributed by atoms with Crippen molar-refractivity contribution in [3.63, 3.8) is 0 Å². The lowest BCUT2D eigenvalue weighted by Crippen LogP contribution is -2.36. The molecule has 0 atom stereocenters. The summed E-state index contributed by atoms with van der Waals surface area (Å²) in [4.78, 5) is 19.2. The molecule has 0 aliphatic heterocycles. The van der Waals surface area contributed by atoms with Gasteiger partial charge in [-0.05, 0) is 30.3 Å². The fraction of sp³-hybridized carbons (Fsp3) is 0.150. The Hall–Kier alpha value is -3.14. The van der Waals surface area contributed by atoms with E-state index in [1.165, 1.54) is 18.3 Å². The van der Waals surface area contributed by atoms with Gasteiger partial charge in [0.05, 0.1) is 22.7 Å². The minimum atomic E-state index is -4.83. The molecule has 2 heterocycles. The summed E-state index contributed by atoms with van der Waals surface area (Å²) in [6.07, 6.45) is -2.60. The van der Waals surface area contributed by atoms with Gasteiger partial charge in [0.15, 0.2) is 0 Å². The first-order valence-electron chi connectivity index (χ1n) is 8.59. The SMILES string of the molecule is O=C(NCC(F)(F)c1ncc(-c2ccc(F)nc2)cc1Cl)c1ccccc1C(F)(F)F. The van der Waals surface area contributed by atoms with Crippen LogP contribution >= 0.6 is 11.6 Å². The molecule has 0 unspecified atom stereocenters. The number of pyridine rings is 2. The van der Waals surface area contributed by atoms with Crippen molar-refractivity contribution in [3.8, 4) is 11.1 Å². The summed E-state index contributed by atoms with van der Waals surface area (Å²) in [5.41, 5.74) is -2.24. The van der Waals surface area contributed by atoms with Crippen LogP contribution in [0.3, 0.4) is 0 Å². The highest BCUT2D eigenvalue weighted by atomic mass is 35.5. The maximum atomic E-state index is 14.6. The van der Waals surface area contributed by atoms with E-state index in [0.29, 0.717) is 17.2 Å². The Morgan fingerprint density at radius 3 is 2.26 bits per heavy atom. The minimum absolute atomic E-state index is 0.292. The molecule has 1 N–H and O–H groups in total. The van der Waals surface area contributed by atoms with E-state index in [9.17, 15) is 31.1 Å². The number of alkyl halides is 5. The molecule has 0 radical (unpaired) electrons. The average Bonchev–Trinajstić information content (AvgIpc) is 2.71. The summed E-state index contributed by atoms with van der Waals surface area (Å²) in [7, 11) is 0. The van der Waals surface area contributed by atoms with Crippen molar-refractivity contribution in [2.24, 2.45) is 0 Å². The Morgan fingerprint density at radius 1 is 0.968 bits per heavy atom. The fourth-order valence-corrected chi connectivity index (χ4v) is 3.01. The summed E-state index contributed by atoms with van der Waals surface area (Å²) < 4.78 is 81.1. The number of amides is 1. The number of aromatic nitrogens is 2. The Morgan fingerprint density at radius 2 is 1.65 bits per heavy atom. The second-order valence-electron chi connectivity index (χ2n) is 6.35. The Kier molecular flexibility index (Phi) is 6.21. The number of rotatable bonds is 5. The predicted molar refractivity (Wildman–Crippen MR) is 100 cm³/mol. The maximum Gasteiger partial charge on any atom is 0.417 e. The van der Waals surface area contributed by atoms with Gasteiger partial charge in [0, 0.05) is 23.5 Å². The molecule has 3 aromatic rings. The molecule has 0 fully saturated rings. The molecule has 1 amide bonds. The maximum absolute atomic E-state index is 14.6. The van der Waals surface area contributed by atoms with Crippen LogP contribution in [-0.4, -0.2) is 22.4 Å². The first-order chi connectivity index (χ1) is 14.5. The number of hydrogen-bond donors (Lipinski definition) is 1. The van der Waals surface area contributed by atoms with Crippen molar-refractivity contribution < 1.29 is 31.1 Å². The molecule has 0 bridgehead atoms. The lowest BCUT2D eigenvalue weighted by Gasteiger charge is -2.19. The van der Waals surface area contributed by atoms with E-state index in [0.717, 1.165) is 30.5 Å². The molecule has 162 valence electrons. The number of carbonyl (C=O) groups excluding carboxylic acids is 1. The summed E-state index contributed by atoms with van der Waals surface area (Å²) in [6, 6.07) is 7.40. The Labute approximate surface area is 176 Å². The second kappa shape index (κ2) is 8.54. The van der Waals surface area contributed by atoms with E-state index < -0.39 is 52.3 Å². The summed E-state index contributed by atoms with van der Waals surface area (Å²) >= 11 is 5.91. The van der Waals surface area contributed by atoms with Crippen LogP contribution in [-0.2, 0) is 12.1 Å². The number of benzene rings is 1. The van der Waals surface area contributed by atoms with Crippen LogP contribution in [0.15, 0.2) is 54.9 Å². The van der Waals surface area contributed by atoms with Crippen LogP contribution in [0.25, 0.3) is 11.1 Å². The molecule has 1 aromatic carbocycles. The fourth-order valence-electron chi connectivity index (χ4n) is 2.71. The lowest BCUT2D eigenvalue weighted by molar-refractivity contribution is -0.137. The molecule has 0 saturated carbocycles. The zero-order chi connectivity index (χ0) is 22.8. The van der Waals surface area contributed by atoms with E-state index in [-0.39, 0.29) is 0 Å². The van der Waals surface area contributed by atoms with E-state index in [1.807, 2.05) is 0 Å². The van der Waals surface area contributed by atoms with Crippen LogP contribution in [0.1, 0.15) is 21.6 Å². The summed E-state index contributed by atoms with van der Waals surface area (Å²) in [5.74, 6) is -5.83. The quantitative estimate of drug-likeness (QED) is 0.406. The molecule has 0 aliphatic carbocycles. The van der Waals surface area contributed by atoms with Gasteiger partial charge in [-0.25, -0.2) is 4.98 Å². The number of halogens is 7. The molecular weight excluding hydrogens is 448 g/mol. The summed E-state index contributed by atoms with van der Waals surface area (Å²) in [5, 5.41) is 1.34. The van der Waals surface area contributed by atoms with E-state index in [4.69, 9.17) is 11.6 Å². The largest absolute Gasteiger partial charge is 0.417 e. The van der Waals surface area contributed by atoms with Crippen molar-refractivity contribution in [1.29, 1.82) is 0 Å². The van der Waals surface area contributed by atoms with Gasteiger partial charge in [-0.1, -0.05) is 23.7 Å². The van der Waals surface area contributed by atoms with Gasteiger partial charge >= 0.3 is 12.1 Å². The second-order valence-corrected chi connectivity index (χ2v) is 6.76. The van der Waals surface area contributed by atoms with Crippen molar-refractivity contribution in [2.45, 2.75) is 12.1 Å². The van der Waals surface area contributed by atoms with E-state index >= 15 is 0 Å². The van der Waals surface area contributed by atoms with Crippen LogP contribution in [0.2, 0.25) is 5.02 Å². The van der Waals surface area contributed by atoms with Crippen molar-refractivity contribution >= 4 is 17.5 Å². The molecule has 11 heteroatoms.